The third-order valence-electron chi connectivity index (χ3n) is 3.41. The Morgan fingerprint density at radius 2 is 1.82 bits per heavy atom. The number of rotatable bonds is 1. The van der Waals surface area contributed by atoms with Crippen molar-refractivity contribution in [3.8, 4) is 11.1 Å². The highest BCUT2D eigenvalue weighted by Gasteiger charge is 2.18. The van der Waals surface area contributed by atoms with Crippen LogP contribution in [0.15, 0.2) is 47.6 Å². The van der Waals surface area contributed by atoms with Gasteiger partial charge in [-0.05, 0) is 47.2 Å². The topological polar surface area (TPSA) is 38.4 Å². The van der Waals surface area contributed by atoms with Crippen LogP contribution in [0, 0.1) is 0 Å². The van der Waals surface area contributed by atoms with E-state index in [9.17, 15) is 0 Å². The molecule has 0 aromatic heterocycles. The predicted octanol–water partition coefficient (Wildman–Crippen LogP) is 2.94. The van der Waals surface area contributed by atoms with Gasteiger partial charge in [-0.2, -0.15) is 5.10 Å². The molecule has 2 N–H and O–H groups in total. The van der Waals surface area contributed by atoms with E-state index in [-0.39, 0.29) is 0 Å². The molecule has 2 aromatic carbocycles. The van der Waals surface area contributed by atoms with Gasteiger partial charge < -0.3 is 5.84 Å². The minimum atomic E-state index is 0.872. The summed E-state index contributed by atoms with van der Waals surface area (Å²) >= 11 is 0. The highest BCUT2D eigenvalue weighted by atomic mass is 15.1. The lowest BCUT2D eigenvalue weighted by Crippen LogP contribution is -1.99. The van der Waals surface area contributed by atoms with E-state index in [2.05, 4.69) is 47.6 Å². The molecule has 0 aliphatic heterocycles. The second-order valence-corrected chi connectivity index (χ2v) is 4.42. The van der Waals surface area contributed by atoms with Crippen LogP contribution in [0.1, 0.15) is 23.6 Å². The van der Waals surface area contributed by atoms with Crippen LogP contribution < -0.4 is 5.84 Å². The van der Waals surface area contributed by atoms with E-state index in [0.29, 0.717) is 0 Å². The van der Waals surface area contributed by atoms with Crippen LogP contribution in [-0.2, 0) is 6.42 Å². The Bertz CT molecular complexity index is 612. The largest absolute Gasteiger partial charge is 0.323 e. The Labute approximate surface area is 101 Å². The molecule has 0 amide bonds. The second kappa shape index (κ2) is 3.74. The maximum atomic E-state index is 5.33. The number of hydrazone groups is 1. The van der Waals surface area contributed by atoms with Crippen LogP contribution in [0.2, 0.25) is 0 Å². The fourth-order valence-electron chi connectivity index (χ4n) is 2.42. The van der Waals surface area contributed by atoms with Crippen molar-refractivity contribution in [2.24, 2.45) is 10.9 Å². The van der Waals surface area contributed by atoms with Crippen molar-refractivity contribution in [1.82, 2.24) is 0 Å². The van der Waals surface area contributed by atoms with E-state index < -0.39 is 0 Å². The summed E-state index contributed by atoms with van der Waals surface area (Å²) in [6, 6.07) is 15.0. The fourth-order valence-corrected chi connectivity index (χ4v) is 2.42. The molecule has 0 heterocycles. The zero-order chi connectivity index (χ0) is 11.8. The maximum absolute atomic E-state index is 5.33. The molecular weight excluding hydrogens is 208 g/mol. The molecule has 0 atom stereocenters. The Balaban J connectivity index is 2.18. The van der Waals surface area contributed by atoms with Crippen LogP contribution in [-0.4, -0.2) is 5.71 Å². The lowest BCUT2D eigenvalue weighted by atomic mass is 10.0. The van der Waals surface area contributed by atoms with Gasteiger partial charge in [-0.25, -0.2) is 0 Å². The van der Waals surface area contributed by atoms with Gasteiger partial charge in [-0.3, -0.25) is 0 Å². The molecule has 0 saturated carbocycles. The lowest BCUT2D eigenvalue weighted by Gasteiger charge is -2.04. The van der Waals surface area contributed by atoms with Gasteiger partial charge in [0.05, 0.1) is 5.71 Å². The molecular formula is C15H14N2. The maximum Gasteiger partial charge on any atom is 0.0642 e. The number of fused-ring (bicyclic) bond motifs is 3. The summed E-state index contributed by atoms with van der Waals surface area (Å²) in [5.74, 6) is 5.33. The quantitative estimate of drug-likeness (QED) is 0.384. The summed E-state index contributed by atoms with van der Waals surface area (Å²) in [4.78, 5) is 0. The first kappa shape index (κ1) is 10.1. The van der Waals surface area contributed by atoms with Crippen LogP contribution >= 0.6 is 0 Å². The minimum absolute atomic E-state index is 0.872. The van der Waals surface area contributed by atoms with E-state index in [1.165, 1.54) is 22.3 Å². The first-order valence-corrected chi connectivity index (χ1v) is 5.75. The van der Waals surface area contributed by atoms with E-state index in [1.54, 1.807) is 0 Å². The number of nitrogens with zero attached hydrogens (tertiary/aromatic N) is 1. The first-order chi connectivity index (χ1) is 8.29. The fraction of sp³-hybridized carbons (Fsp3) is 0.133. The molecule has 1 aliphatic rings. The van der Waals surface area contributed by atoms with Crippen molar-refractivity contribution >= 4 is 5.71 Å². The monoisotopic (exact) mass is 222 g/mol. The summed E-state index contributed by atoms with van der Waals surface area (Å²) < 4.78 is 0. The predicted molar refractivity (Wildman–Crippen MR) is 71.1 cm³/mol. The normalized spacial score (nSPS) is 13.4. The van der Waals surface area contributed by atoms with Gasteiger partial charge in [0.15, 0.2) is 0 Å². The summed E-state index contributed by atoms with van der Waals surface area (Å²) in [5.41, 5.74) is 7.43. The Hall–Kier alpha value is -2.09. The third-order valence-corrected chi connectivity index (χ3v) is 3.41. The van der Waals surface area contributed by atoms with E-state index in [1.807, 2.05) is 6.92 Å². The van der Waals surface area contributed by atoms with Gasteiger partial charge in [0, 0.05) is 0 Å². The molecule has 0 unspecified atom stereocenters. The Morgan fingerprint density at radius 1 is 1.06 bits per heavy atom. The van der Waals surface area contributed by atoms with Crippen molar-refractivity contribution in [3.63, 3.8) is 0 Å². The minimum Gasteiger partial charge on any atom is -0.323 e. The van der Waals surface area contributed by atoms with Crippen molar-refractivity contribution in [2.75, 3.05) is 0 Å². The van der Waals surface area contributed by atoms with Gasteiger partial charge in [0.25, 0.3) is 0 Å². The van der Waals surface area contributed by atoms with Crippen LogP contribution in [0.3, 0.4) is 0 Å². The number of benzene rings is 2. The van der Waals surface area contributed by atoms with E-state index in [0.717, 1.165) is 17.7 Å². The van der Waals surface area contributed by atoms with Gasteiger partial charge in [-0.1, -0.05) is 36.4 Å². The highest BCUT2D eigenvalue weighted by molar-refractivity contribution is 6.00. The number of hydrogen-bond donors (Lipinski definition) is 1. The molecule has 0 spiro atoms. The molecule has 0 saturated heterocycles. The summed E-state index contributed by atoms with van der Waals surface area (Å²) in [5, 5.41) is 3.76. The Kier molecular flexibility index (Phi) is 2.22. The van der Waals surface area contributed by atoms with Gasteiger partial charge in [-0.15, -0.1) is 0 Å². The van der Waals surface area contributed by atoms with E-state index in [4.69, 9.17) is 5.84 Å². The average molecular weight is 222 g/mol. The van der Waals surface area contributed by atoms with Crippen molar-refractivity contribution in [2.45, 2.75) is 13.3 Å². The van der Waals surface area contributed by atoms with Crippen LogP contribution in [0.4, 0.5) is 0 Å². The molecule has 2 aromatic rings. The van der Waals surface area contributed by atoms with E-state index >= 15 is 0 Å². The zero-order valence-corrected chi connectivity index (χ0v) is 9.77. The molecule has 17 heavy (non-hydrogen) atoms. The number of nitrogens with two attached hydrogens (primary N) is 1. The molecule has 3 rings (SSSR count). The van der Waals surface area contributed by atoms with Crippen molar-refractivity contribution in [1.29, 1.82) is 0 Å². The molecule has 0 radical (unpaired) electrons. The molecule has 2 heteroatoms. The smallest absolute Gasteiger partial charge is 0.0642 e. The molecule has 2 nitrogen and oxygen atoms in total. The second-order valence-electron chi connectivity index (χ2n) is 4.42. The lowest BCUT2D eigenvalue weighted by molar-refractivity contribution is 1.23. The molecule has 0 bridgehead atoms. The Morgan fingerprint density at radius 3 is 2.65 bits per heavy atom. The van der Waals surface area contributed by atoms with Gasteiger partial charge >= 0.3 is 0 Å². The average Bonchev–Trinajstić information content (AvgIpc) is 2.75. The summed E-state index contributed by atoms with van der Waals surface area (Å²) in [6.45, 7) is 1.93. The van der Waals surface area contributed by atoms with Crippen LogP contribution in [0.25, 0.3) is 11.1 Å². The van der Waals surface area contributed by atoms with Crippen LogP contribution in [0.5, 0.6) is 0 Å². The van der Waals surface area contributed by atoms with Gasteiger partial charge in [0.2, 0.25) is 0 Å². The van der Waals surface area contributed by atoms with Crippen molar-refractivity contribution < 1.29 is 0 Å². The zero-order valence-electron chi connectivity index (χ0n) is 9.77. The third kappa shape index (κ3) is 1.53. The molecule has 84 valence electrons. The standard InChI is InChI=1S/C15H14N2/c1-10(17-16)11-6-7-13-8-12-4-2-3-5-14(12)15(13)9-11/h2-7,9H,8,16H2,1H3/b17-10+. The first-order valence-electron chi connectivity index (χ1n) is 5.75. The number of hydrogen-bond acceptors (Lipinski definition) is 2. The van der Waals surface area contributed by atoms with Gasteiger partial charge in [0.1, 0.15) is 0 Å². The summed E-state index contributed by atoms with van der Waals surface area (Å²) in [7, 11) is 0. The van der Waals surface area contributed by atoms with Crippen molar-refractivity contribution in [3.05, 3.63) is 59.2 Å². The SMILES string of the molecule is C/C(=N\N)c1ccc2c(c1)-c1ccccc1C2. The highest BCUT2D eigenvalue weighted by Crippen LogP contribution is 2.36. The summed E-state index contributed by atoms with van der Waals surface area (Å²) in [6.07, 6.45) is 1.03. The molecule has 0 fully saturated rings. The molecule has 1 aliphatic carbocycles.